The van der Waals surface area contributed by atoms with Crippen molar-refractivity contribution in [3.63, 3.8) is 0 Å². The molecule has 5 atom stereocenters. The van der Waals surface area contributed by atoms with Crippen molar-refractivity contribution in [2.24, 2.45) is 17.4 Å². The molecule has 0 fully saturated rings. The molecule has 9 N–H and O–H groups in total. The third kappa shape index (κ3) is 10.4. The van der Waals surface area contributed by atoms with Gasteiger partial charge in [0.1, 0.15) is 18.1 Å². The molecule has 35 heavy (non-hydrogen) atoms. The van der Waals surface area contributed by atoms with Crippen LogP contribution in [0.5, 0.6) is 0 Å². The summed E-state index contributed by atoms with van der Waals surface area (Å²) in [5, 5.41) is 27.0. The maximum Gasteiger partial charge on any atom is 0.326 e. The number of aliphatic carboxylic acids is 1. The molecule has 1 aromatic rings. The highest BCUT2D eigenvalue weighted by atomic mass is 16.4. The van der Waals surface area contributed by atoms with E-state index in [0.717, 1.165) is 5.56 Å². The SMILES string of the molecule is CC(C)C(NC(=O)C(NC(=O)C(N)Cc1ccccc1)C(C)O)C(=O)NC(CCCCN)C(=O)O. The Labute approximate surface area is 206 Å². The molecule has 0 saturated heterocycles. The summed E-state index contributed by atoms with van der Waals surface area (Å²) in [7, 11) is 0. The average Bonchev–Trinajstić information content (AvgIpc) is 2.79. The molecule has 5 unspecified atom stereocenters. The van der Waals surface area contributed by atoms with E-state index >= 15 is 0 Å². The van der Waals surface area contributed by atoms with Gasteiger partial charge in [0.25, 0.3) is 0 Å². The summed E-state index contributed by atoms with van der Waals surface area (Å²) >= 11 is 0. The van der Waals surface area contributed by atoms with Gasteiger partial charge in [0.2, 0.25) is 17.7 Å². The number of hydrogen-bond acceptors (Lipinski definition) is 7. The normalized spacial score (nSPS) is 15.4. The van der Waals surface area contributed by atoms with E-state index in [0.29, 0.717) is 19.4 Å². The Balaban J connectivity index is 2.85. The maximum absolute atomic E-state index is 12.9. The predicted octanol–water partition coefficient (Wildman–Crippen LogP) is -0.739. The zero-order chi connectivity index (χ0) is 26.5. The Hall–Kier alpha value is -3.02. The fraction of sp³-hybridized carbons (Fsp3) is 0.583. The first-order valence-corrected chi connectivity index (χ1v) is 11.8. The first kappa shape index (κ1) is 30.0. The van der Waals surface area contributed by atoms with Crippen LogP contribution >= 0.6 is 0 Å². The van der Waals surface area contributed by atoms with E-state index in [1.165, 1.54) is 6.92 Å². The van der Waals surface area contributed by atoms with Crippen molar-refractivity contribution in [3.8, 4) is 0 Å². The highest BCUT2D eigenvalue weighted by Crippen LogP contribution is 2.08. The summed E-state index contributed by atoms with van der Waals surface area (Å²) in [6.07, 6.45) is 0.293. The van der Waals surface area contributed by atoms with Crippen LogP contribution in [-0.4, -0.2) is 70.7 Å². The number of carboxylic acid groups (broad SMARTS) is 1. The second kappa shape index (κ2) is 15.1. The lowest BCUT2D eigenvalue weighted by molar-refractivity contribution is -0.143. The number of hydrogen-bond donors (Lipinski definition) is 7. The highest BCUT2D eigenvalue weighted by molar-refractivity contribution is 5.94. The highest BCUT2D eigenvalue weighted by Gasteiger charge is 2.33. The van der Waals surface area contributed by atoms with Gasteiger partial charge in [-0.2, -0.15) is 0 Å². The van der Waals surface area contributed by atoms with Gasteiger partial charge in [0.05, 0.1) is 12.1 Å². The largest absolute Gasteiger partial charge is 0.480 e. The van der Waals surface area contributed by atoms with Crippen LogP contribution in [0.25, 0.3) is 0 Å². The Kier molecular flexibility index (Phi) is 12.9. The Morgan fingerprint density at radius 2 is 1.46 bits per heavy atom. The summed E-state index contributed by atoms with van der Waals surface area (Å²) in [4.78, 5) is 49.8. The fourth-order valence-corrected chi connectivity index (χ4v) is 3.42. The van der Waals surface area contributed by atoms with Crippen molar-refractivity contribution < 1.29 is 29.4 Å². The molecule has 3 amide bonds. The minimum absolute atomic E-state index is 0.197. The summed E-state index contributed by atoms with van der Waals surface area (Å²) in [5.41, 5.74) is 12.3. The van der Waals surface area contributed by atoms with Crippen LogP contribution < -0.4 is 27.4 Å². The fourth-order valence-electron chi connectivity index (χ4n) is 3.42. The molecule has 11 heteroatoms. The number of aliphatic hydroxyl groups excluding tert-OH is 1. The van der Waals surface area contributed by atoms with Crippen LogP contribution in [0.1, 0.15) is 45.6 Å². The van der Waals surface area contributed by atoms with Crippen molar-refractivity contribution in [2.45, 2.75) is 76.7 Å². The second-order valence-electron chi connectivity index (χ2n) is 8.94. The number of rotatable bonds is 15. The Morgan fingerprint density at radius 3 is 1.97 bits per heavy atom. The molecule has 1 aromatic carbocycles. The summed E-state index contributed by atoms with van der Waals surface area (Å²) in [6, 6.07) is 4.57. The molecule has 0 aliphatic heterocycles. The van der Waals surface area contributed by atoms with Crippen LogP contribution in [0, 0.1) is 5.92 Å². The number of carbonyl (C=O) groups excluding carboxylic acids is 3. The van der Waals surface area contributed by atoms with E-state index in [9.17, 15) is 29.4 Å². The molecule has 0 bridgehead atoms. The van der Waals surface area contributed by atoms with Gasteiger partial charge in [-0.05, 0) is 50.6 Å². The molecular formula is C24H39N5O6. The van der Waals surface area contributed by atoms with E-state index in [2.05, 4.69) is 16.0 Å². The van der Waals surface area contributed by atoms with E-state index in [4.69, 9.17) is 11.5 Å². The molecule has 0 spiro atoms. The van der Waals surface area contributed by atoms with Gasteiger partial charge >= 0.3 is 5.97 Å². The smallest absolute Gasteiger partial charge is 0.326 e. The van der Waals surface area contributed by atoms with Gasteiger partial charge in [0, 0.05) is 0 Å². The number of amides is 3. The summed E-state index contributed by atoms with van der Waals surface area (Å²) in [6.45, 7) is 5.10. The molecule has 0 aliphatic rings. The number of aliphatic hydroxyl groups is 1. The third-order valence-corrected chi connectivity index (χ3v) is 5.51. The first-order valence-electron chi connectivity index (χ1n) is 11.8. The quantitative estimate of drug-likeness (QED) is 0.155. The maximum atomic E-state index is 12.9. The van der Waals surface area contributed by atoms with Crippen molar-refractivity contribution >= 4 is 23.7 Å². The Morgan fingerprint density at radius 1 is 0.886 bits per heavy atom. The molecule has 0 aliphatic carbocycles. The van der Waals surface area contributed by atoms with Gasteiger partial charge < -0.3 is 37.6 Å². The summed E-state index contributed by atoms with van der Waals surface area (Å²) < 4.78 is 0. The number of nitrogens with one attached hydrogen (secondary N) is 3. The second-order valence-corrected chi connectivity index (χ2v) is 8.94. The molecule has 1 rings (SSSR count). The van der Waals surface area contributed by atoms with Gasteiger partial charge in [0.15, 0.2) is 0 Å². The zero-order valence-corrected chi connectivity index (χ0v) is 20.6. The lowest BCUT2D eigenvalue weighted by Gasteiger charge is -2.28. The van der Waals surface area contributed by atoms with Gasteiger partial charge in [-0.15, -0.1) is 0 Å². The standard InChI is InChI=1S/C24H39N5O6/c1-14(2)19(22(32)27-18(24(34)35)11-7-8-12-25)28-23(33)20(15(3)30)29-21(31)17(26)13-16-9-5-4-6-10-16/h4-6,9-10,14-15,17-20,30H,7-8,11-13,25-26H2,1-3H3,(H,27,32)(H,28,33)(H,29,31)(H,34,35). The van der Waals surface area contributed by atoms with Crippen molar-refractivity contribution in [3.05, 3.63) is 35.9 Å². The monoisotopic (exact) mass is 493 g/mol. The Bertz CT molecular complexity index is 833. The molecule has 0 radical (unpaired) electrons. The van der Waals surface area contributed by atoms with Gasteiger partial charge in [-0.25, -0.2) is 4.79 Å². The van der Waals surface area contributed by atoms with Crippen LogP contribution in [0.15, 0.2) is 30.3 Å². The lowest BCUT2D eigenvalue weighted by atomic mass is 10.0. The van der Waals surface area contributed by atoms with E-state index in [-0.39, 0.29) is 12.8 Å². The predicted molar refractivity (Wildman–Crippen MR) is 131 cm³/mol. The molecule has 0 aromatic heterocycles. The molecular weight excluding hydrogens is 454 g/mol. The minimum Gasteiger partial charge on any atom is -0.480 e. The zero-order valence-electron chi connectivity index (χ0n) is 20.6. The van der Waals surface area contributed by atoms with Gasteiger partial charge in [-0.1, -0.05) is 44.2 Å². The molecule has 196 valence electrons. The average molecular weight is 494 g/mol. The molecule has 0 heterocycles. The van der Waals surface area contributed by atoms with Gasteiger partial charge in [-0.3, -0.25) is 14.4 Å². The van der Waals surface area contributed by atoms with Crippen LogP contribution in [0.3, 0.4) is 0 Å². The molecule has 11 nitrogen and oxygen atoms in total. The van der Waals surface area contributed by atoms with Crippen LogP contribution in [0.4, 0.5) is 0 Å². The lowest BCUT2D eigenvalue weighted by Crippen LogP contribution is -2.60. The number of benzene rings is 1. The number of unbranched alkanes of at least 4 members (excludes halogenated alkanes) is 1. The molecule has 0 saturated carbocycles. The topological polar surface area (TPSA) is 197 Å². The van der Waals surface area contributed by atoms with Crippen LogP contribution in [0.2, 0.25) is 0 Å². The number of nitrogens with two attached hydrogens (primary N) is 2. The third-order valence-electron chi connectivity index (χ3n) is 5.51. The minimum atomic E-state index is -1.36. The first-order chi connectivity index (χ1) is 16.5. The summed E-state index contributed by atoms with van der Waals surface area (Å²) in [5.74, 6) is -3.69. The number of carboxylic acids is 1. The van der Waals surface area contributed by atoms with Crippen molar-refractivity contribution in [2.75, 3.05) is 6.54 Å². The van der Waals surface area contributed by atoms with E-state index < -0.39 is 59.9 Å². The van der Waals surface area contributed by atoms with Crippen molar-refractivity contribution in [1.82, 2.24) is 16.0 Å². The van der Waals surface area contributed by atoms with Crippen LogP contribution in [-0.2, 0) is 25.6 Å². The van der Waals surface area contributed by atoms with E-state index in [1.807, 2.05) is 30.3 Å². The van der Waals surface area contributed by atoms with E-state index in [1.54, 1.807) is 13.8 Å². The number of carbonyl (C=O) groups is 4. The van der Waals surface area contributed by atoms with Crippen molar-refractivity contribution in [1.29, 1.82) is 0 Å².